The molecule has 4 aromatic rings. The van der Waals surface area contributed by atoms with Crippen LogP contribution in [0.1, 0.15) is 76.8 Å². The summed E-state index contributed by atoms with van der Waals surface area (Å²) < 4.78 is 13.5. The number of nitrogens with one attached hydrogen (secondary N) is 2. The number of hydrazine groups is 1. The minimum absolute atomic E-state index is 0.0161. The molecular weight excluding hydrogens is 805 g/mol. The highest BCUT2D eigenvalue weighted by Gasteiger charge is 2.45. The second kappa shape index (κ2) is 20.3. The molecule has 2 aromatic carbocycles. The number of methoxy groups -OCH3 is 1. The van der Waals surface area contributed by atoms with Gasteiger partial charge in [-0.05, 0) is 85.5 Å². The van der Waals surface area contributed by atoms with Gasteiger partial charge in [-0.25, -0.2) is 5.43 Å². The third kappa shape index (κ3) is 10.3. The van der Waals surface area contributed by atoms with Gasteiger partial charge in [-0.3, -0.25) is 34.1 Å². The van der Waals surface area contributed by atoms with Crippen LogP contribution in [0.25, 0.3) is 33.3 Å². The van der Waals surface area contributed by atoms with Crippen molar-refractivity contribution in [3.05, 3.63) is 90.3 Å². The fourth-order valence-electron chi connectivity index (χ4n) is 9.89. The molecular formula is C50H64BN7O6. The van der Waals surface area contributed by atoms with E-state index in [0.29, 0.717) is 44.9 Å². The van der Waals surface area contributed by atoms with Crippen LogP contribution in [0.5, 0.6) is 0 Å². The highest BCUT2D eigenvalue weighted by molar-refractivity contribution is 6.55. The van der Waals surface area contributed by atoms with E-state index in [0.717, 1.165) is 82.6 Å². The molecule has 3 aliphatic heterocycles. The molecule has 13 nitrogen and oxygen atoms in total. The predicted octanol–water partition coefficient (Wildman–Crippen LogP) is 6.48. The Morgan fingerprint density at radius 2 is 1.88 bits per heavy atom. The maximum Gasteiger partial charge on any atom is 0.259 e. The van der Waals surface area contributed by atoms with Crippen LogP contribution in [0.2, 0.25) is 0 Å². The Balaban J connectivity index is 1.22. The molecule has 3 saturated heterocycles. The molecule has 0 unspecified atom stereocenters. The van der Waals surface area contributed by atoms with E-state index >= 15 is 0 Å². The lowest BCUT2D eigenvalue weighted by Crippen LogP contribution is -2.59. The van der Waals surface area contributed by atoms with Crippen LogP contribution in [-0.4, -0.2) is 121 Å². The van der Waals surface area contributed by atoms with Gasteiger partial charge in [0.15, 0.2) is 0 Å². The number of aryl methyl sites for hydroxylation is 1. The van der Waals surface area contributed by atoms with Crippen molar-refractivity contribution < 1.29 is 28.7 Å². The van der Waals surface area contributed by atoms with Crippen LogP contribution in [0.15, 0.2) is 73.4 Å². The summed E-state index contributed by atoms with van der Waals surface area (Å²) in [6.07, 6.45) is 6.39. The molecule has 338 valence electrons. The van der Waals surface area contributed by atoms with Gasteiger partial charge in [0.25, 0.3) is 5.91 Å². The molecule has 3 fully saturated rings. The van der Waals surface area contributed by atoms with Crippen molar-refractivity contribution in [2.75, 3.05) is 53.0 Å². The summed E-state index contributed by atoms with van der Waals surface area (Å²) in [7, 11) is 7.11. The summed E-state index contributed by atoms with van der Waals surface area (Å²) in [5.74, 6) is -1.20. The predicted molar refractivity (Wildman–Crippen MR) is 250 cm³/mol. The molecule has 0 spiro atoms. The molecule has 2 aromatic heterocycles. The first kappa shape index (κ1) is 46.7. The molecule has 3 amide bonds. The van der Waals surface area contributed by atoms with Gasteiger partial charge in [0.05, 0.1) is 24.1 Å². The number of ether oxygens (including phenoxy) is 2. The number of rotatable bonds is 18. The summed E-state index contributed by atoms with van der Waals surface area (Å²) in [5, 5.41) is 5.86. The molecule has 64 heavy (non-hydrogen) atoms. The molecule has 14 heteroatoms. The number of fused-ring (bicyclic) bond motifs is 1. The molecule has 5 heterocycles. The summed E-state index contributed by atoms with van der Waals surface area (Å²) in [6.45, 7) is 19.2. The first-order chi connectivity index (χ1) is 30.7. The average Bonchev–Trinajstić information content (AvgIpc) is 3.74. The fourth-order valence-corrected chi connectivity index (χ4v) is 9.89. The molecule has 0 bridgehead atoms. The van der Waals surface area contributed by atoms with E-state index in [4.69, 9.17) is 22.3 Å². The molecule has 3 aliphatic rings. The zero-order valence-corrected chi connectivity index (χ0v) is 38.4. The highest BCUT2D eigenvalue weighted by atomic mass is 16.5. The van der Waals surface area contributed by atoms with E-state index in [2.05, 4.69) is 84.0 Å². The minimum Gasteiger partial charge on any atom is -0.474 e. The number of hydrogen-bond donors (Lipinski definition) is 2. The first-order valence-electron chi connectivity index (χ1n) is 22.8. The van der Waals surface area contributed by atoms with Crippen LogP contribution >= 0.6 is 0 Å². The van der Waals surface area contributed by atoms with E-state index in [1.165, 1.54) is 0 Å². The quantitative estimate of drug-likeness (QED) is 0.0851. The van der Waals surface area contributed by atoms with Gasteiger partial charge >= 0.3 is 0 Å². The number of hydrogen-bond acceptors (Lipinski definition) is 9. The Hall–Kier alpha value is -5.31. The number of amides is 3. The number of carbonyl (C=O) groups is 4. The molecule has 2 N–H and O–H groups in total. The van der Waals surface area contributed by atoms with Crippen molar-refractivity contribution in [3.63, 3.8) is 0 Å². The molecule has 2 radical (unpaired) electrons. The summed E-state index contributed by atoms with van der Waals surface area (Å²) >= 11 is 0. The zero-order chi connectivity index (χ0) is 45.7. The van der Waals surface area contributed by atoms with Crippen LogP contribution in [0.4, 0.5) is 4.79 Å². The molecule has 4 atom stereocenters. The highest BCUT2D eigenvalue weighted by Crippen LogP contribution is 2.42. The first-order valence-corrected chi connectivity index (χ1v) is 22.8. The average molecular weight is 870 g/mol. The van der Waals surface area contributed by atoms with Gasteiger partial charge in [0.2, 0.25) is 25.5 Å². The Morgan fingerprint density at radius 3 is 2.58 bits per heavy atom. The van der Waals surface area contributed by atoms with Gasteiger partial charge < -0.3 is 24.3 Å². The van der Waals surface area contributed by atoms with E-state index in [9.17, 15) is 19.2 Å². The number of pyridine rings is 1. The lowest BCUT2D eigenvalue weighted by Gasteiger charge is -2.41. The minimum atomic E-state index is -0.854. The second-order valence-electron chi connectivity index (χ2n) is 18.7. The van der Waals surface area contributed by atoms with Gasteiger partial charge in [-0.1, -0.05) is 57.2 Å². The van der Waals surface area contributed by atoms with Crippen LogP contribution < -0.4 is 10.7 Å². The monoisotopic (exact) mass is 870 g/mol. The van der Waals surface area contributed by atoms with Crippen LogP contribution in [0.3, 0.4) is 0 Å². The topological polar surface area (TPSA) is 138 Å². The maximum atomic E-state index is 14.3. The van der Waals surface area contributed by atoms with Gasteiger partial charge in [0.1, 0.15) is 12.1 Å². The Kier molecular flexibility index (Phi) is 14.8. The smallest absolute Gasteiger partial charge is 0.259 e. The third-order valence-electron chi connectivity index (χ3n) is 13.1. The molecule has 0 saturated carbocycles. The lowest BCUT2D eigenvalue weighted by molar-refractivity contribution is -0.142. The van der Waals surface area contributed by atoms with Gasteiger partial charge in [0, 0.05) is 99.8 Å². The van der Waals surface area contributed by atoms with Crippen molar-refractivity contribution in [1.29, 1.82) is 0 Å². The molecule has 7 rings (SSSR count). The number of nitrogens with zero attached hydrogens (tertiary/aromatic N) is 5. The summed E-state index contributed by atoms with van der Waals surface area (Å²) in [4.78, 5) is 62.5. The van der Waals surface area contributed by atoms with Crippen LogP contribution in [0, 0.1) is 17.3 Å². The van der Waals surface area contributed by atoms with Crippen molar-refractivity contribution >= 4 is 42.3 Å². The van der Waals surface area contributed by atoms with Crippen molar-refractivity contribution in [2.24, 2.45) is 17.3 Å². The van der Waals surface area contributed by atoms with Gasteiger partial charge in [-0.2, -0.15) is 0 Å². The van der Waals surface area contributed by atoms with E-state index in [-0.39, 0.29) is 42.8 Å². The Bertz CT molecular complexity index is 2350. The van der Waals surface area contributed by atoms with Crippen molar-refractivity contribution in [1.82, 2.24) is 35.1 Å². The number of benzene rings is 2. The van der Waals surface area contributed by atoms with E-state index in [1.807, 2.05) is 38.1 Å². The largest absolute Gasteiger partial charge is 0.474 e. The number of aromatic nitrogens is 2. The Morgan fingerprint density at radius 1 is 1.09 bits per heavy atom. The number of carbonyl (C=O) groups excluding carboxylic acids is 4. The van der Waals surface area contributed by atoms with Crippen LogP contribution in [-0.2, 0) is 43.2 Å². The second-order valence-corrected chi connectivity index (χ2v) is 18.7. The number of likely N-dealkylation sites (tertiary alicyclic amines) is 2. The standard InChI is InChI=1S/C50H64BN7O6/c1-8-21-55-28-35(29-55)30-57-43(59)23-32(3)45(57)47(60)54-41(48(61)58-22-11-10-20-53-58)25-34-14-12-15-36(24-34)37-17-18-42-39(26-37)40(27-50(5,6)31-64-49(51)62)46(56(42)9-2)38-16-13-19-52-44(38)33(4)63-7/h8,12-19,24,26,32-33,35,41,45,53H,1,9-11,20-23,25,27-31H2,2-7H3,(H,54,60)/t32-,33-,41-,45-/m0/s1. The Labute approximate surface area is 379 Å². The maximum absolute atomic E-state index is 14.3. The summed E-state index contributed by atoms with van der Waals surface area (Å²) in [5.41, 5.74) is 10.6. The molecule has 0 aliphatic carbocycles. The lowest BCUT2D eigenvalue weighted by atomic mass is 9.84. The van der Waals surface area contributed by atoms with Crippen molar-refractivity contribution in [2.45, 2.75) is 91.5 Å². The van der Waals surface area contributed by atoms with E-state index < -0.39 is 23.4 Å². The zero-order valence-electron chi connectivity index (χ0n) is 38.4. The fraction of sp³-hybridized carbons (Fsp3) is 0.500. The SMILES string of the molecule is [B]C(=O)OCC(C)(C)Cc1c(-c2cccnc2[C@H](C)OC)n(CC)c2ccc(-c3cccc(C[C@H](NC(=O)[C@@H]4[C@@H](C)CC(=O)N4CC4CN(CC=C)C4)C(=O)N4CCCCN4)c3)cc12. The van der Waals surface area contributed by atoms with E-state index in [1.54, 1.807) is 23.2 Å². The third-order valence-corrected chi connectivity index (χ3v) is 13.1. The van der Waals surface area contributed by atoms with Crippen molar-refractivity contribution in [3.8, 4) is 22.4 Å². The normalized spacial score (nSPS) is 19.4. The van der Waals surface area contributed by atoms with Gasteiger partial charge in [-0.15, -0.1) is 6.58 Å². The summed E-state index contributed by atoms with van der Waals surface area (Å²) in [6, 6.07) is 17.2.